The first-order valence-electron chi connectivity index (χ1n) is 6.25. The zero-order valence-corrected chi connectivity index (χ0v) is 10.2. The number of imidazole rings is 1. The molecule has 1 heterocycles. The Hall–Kier alpha value is -1.56. The maximum absolute atomic E-state index is 13.2. The van der Waals surface area contributed by atoms with Crippen LogP contribution >= 0.6 is 0 Å². The van der Waals surface area contributed by atoms with Crippen molar-refractivity contribution in [2.75, 3.05) is 0 Å². The molecule has 0 amide bonds. The molecular weight excluding hydrogens is 255 g/mol. The van der Waals surface area contributed by atoms with Gasteiger partial charge in [-0.25, -0.2) is 18.2 Å². The second kappa shape index (κ2) is 4.52. The van der Waals surface area contributed by atoms with Crippen molar-refractivity contribution in [1.29, 1.82) is 0 Å². The fraction of sp³-hybridized carbons (Fsp3) is 0.462. The van der Waals surface area contributed by atoms with Gasteiger partial charge in [0.05, 0.1) is 23.6 Å². The Morgan fingerprint density at radius 1 is 1.37 bits per heavy atom. The van der Waals surface area contributed by atoms with Gasteiger partial charge in [-0.1, -0.05) is 0 Å². The summed E-state index contributed by atoms with van der Waals surface area (Å²) in [5.74, 6) is 0.308. The van der Waals surface area contributed by atoms with E-state index in [1.807, 2.05) is 0 Å². The minimum absolute atomic E-state index is 0.304. The van der Waals surface area contributed by atoms with Crippen molar-refractivity contribution in [3.63, 3.8) is 0 Å². The monoisotopic (exact) mass is 269 g/mol. The summed E-state index contributed by atoms with van der Waals surface area (Å²) >= 11 is 0. The topological polar surface area (TPSA) is 43.8 Å². The van der Waals surface area contributed by atoms with E-state index in [9.17, 15) is 13.2 Å². The molecule has 0 aliphatic heterocycles. The van der Waals surface area contributed by atoms with Crippen molar-refractivity contribution in [2.24, 2.45) is 11.7 Å². The molecule has 1 aliphatic carbocycles. The number of benzene rings is 1. The highest BCUT2D eigenvalue weighted by Crippen LogP contribution is 2.40. The summed E-state index contributed by atoms with van der Waals surface area (Å²) in [7, 11) is 0. The summed E-state index contributed by atoms with van der Waals surface area (Å²) in [5.41, 5.74) is 6.95. The van der Waals surface area contributed by atoms with E-state index in [2.05, 4.69) is 4.98 Å². The van der Waals surface area contributed by atoms with Crippen molar-refractivity contribution < 1.29 is 13.2 Å². The molecule has 1 aromatic carbocycles. The largest absolute Gasteiger partial charge is 0.321 e. The van der Waals surface area contributed by atoms with E-state index in [4.69, 9.17) is 5.73 Å². The number of nitrogens with two attached hydrogens (primary N) is 1. The maximum Gasteiger partial charge on any atom is 0.256 e. The predicted octanol–water partition coefficient (Wildman–Crippen LogP) is 2.85. The van der Waals surface area contributed by atoms with Crippen LogP contribution in [0.2, 0.25) is 0 Å². The van der Waals surface area contributed by atoms with Gasteiger partial charge >= 0.3 is 0 Å². The van der Waals surface area contributed by atoms with Crippen molar-refractivity contribution in [3.8, 4) is 0 Å². The number of halogens is 3. The van der Waals surface area contributed by atoms with Crippen molar-refractivity contribution in [3.05, 3.63) is 29.8 Å². The summed E-state index contributed by atoms with van der Waals surface area (Å²) in [4.78, 5) is 4.25. The molecule has 102 valence electrons. The van der Waals surface area contributed by atoms with Gasteiger partial charge in [-0.05, 0) is 30.9 Å². The molecule has 3 nitrogen and oxygen atoms in total. The highest BCUT2D eigenvalue weighted by atomic mass is 19.3. The van der Waals surface area contributed by atoms with Gasteiger partial charge in [0, 0.05) is 6.07 Å². The third-order valence-electron chi connectivity index (χ3n) is 3.49. The molecule has 6 heteroatoms. The van der Waals surface area contributed by atoms with Crippen LogP contribution in [0.4, 0.5) is 13.2 Å². The summed E-state index contributed by atoms with van der Waals surface area (Å²) in [6.45, 7) is -0.460. The fourth-order valence-electron chi connectivity index (χ4n) is 2.37. The first-order chi connectivity index (χ1) is 9.06. The van der Waals surface area contributed by atoms with E-state index in [0.29, 0.717) is 22.8 Å². The van der Waals surface area contributed by atoms with Crippen LogP contribution in [0.5, 0.6) is 0 Å². The number of hydrogen-bond acceptors (Lipinski definition) is 2. The SMILES string of the molecule is N[C@H](c1nc2cc(F)ccc2n1CC(F)F)C1CC1. The molecule has 1 aromatic heterocycles. The molecule has 2 N–H and O–H groups in total. The molecular formula is C13H14F3N3. The lowest BCUT2D eigenvalue weighted by Crippen LogP contribution is -2.20. The molecule has 1 atom stereocenters. The maximum atomic E-state index is 13.2. The quantitative estimate of drug-likeness (QED) is 0.927. The third-order valence-corrected chi connectivity index (χ3v) is 3.49. The Balaban J connectivity index is 2.12. The molecule has 1 aliphatic rings. The fourth-order valence-corrected chi connectivity index (χ4v) is 2.37. The molecule has 2 aromatic rings. The van der Waals surface area contributed by atoms with Crippen molar-refractivity contribution in [1.82, 2.24) is 9.55 Å². The van der Waals surface area contributed by atoms with E-state index >= 15 is 0 Å². The third kappa shape index (κ3) is 2.32. The van der Waals surface area contributed by atoms with Crippen LogP contribution in [0.15, 0.2) is 18.2 Å². The zero-order chi connectivity index (χ0) is 13.6. The number of fused-ring (bicyclic) bond motifs is 1. The Bertz CT molecular complexity index is 604. The first kappa shape index (κ1) is 12.5. The normalized spacial score (nSPS) is 17.3. The summed E-state index contributed by atoms with van der Waals surface area (Å²) < 4.78 is 40.0. The van der Waals surface area contributed by atoms with Gasteiger partial charge in [-0.3, -0.25) is 0 Å². The molecule has 0 saturated heterocycles. The second-order valence-corrected chi connectivity index (χ2v) is 4.97. The lowest BCUT2D eigenvalue weighted by Gasteiger charge is -2.13. The second-order valence-electron chi connectivity index (χ2n) is 4.97. The van der Waals surface area contributed by atoms with Gasteiger partial charge in [-0.15, -0.1) is 0 Å². The smallest absolute Gasteiger partial charge is 0.256 e. The Labute approximate surface area is 108 Å². The Kier molecular flexibility index (Phi) is 2.97. The van der Waals surface area contributed by atoms with Gasteiger partial charge in [0.1, 0.15) is 11.6 Å². The van der Waals surface area contributed by atoms with Crippen LogP contribution in [0.25, 0.3) is 11.0 Å². The average molecular weight is 269 g/mol. The number of nitrogens with zero attached hydrogens (tertiary/aromatic N) is 2. The van der Waals surface area contributed by atoms with Crippen molar-refractivity contribution >= 4 is 11.0 Å². The number of rotatable bonds is 4. The van der Waals surface area contributed by atoms with Crippen LogP contribution in [0.3, 0.4) is 0 Å². The zero-order valence-electron chi connectivity index (χ0n) is 10.2. The minimum atomic E-state index is -2.49. The average Bonchev–Trinajstić information content (AvgIpc) is 3.13. The van der Waals surface area contributed by atoms with E-state index in [-0.39, 0.29) is 6.04 Å². The molecule has 3 rings (SSSR count). The van der Waals surface area contributed by atoms with Gasteiger partial charge < -0.3 is 10.3 Å². The van der Waals surface area contributed by atoms with Crippen LogP contribution in [-0.2, 0) is 6.54 Å². The standard InChI is InChI=1S/C13H14F3N3/c14-8-3-4-10-9(5-8)18-13(12(17)7-1-2-7)19(10)6-11(15)16/h3-5,7,11-12H,1-2,6,17H2/t12-/m0/s1. The molecule has 0 spiro atoms. The summed E-state index contributed by atoms with van der Waals surface area (Å²) in [6, 6.07) is 3.62. The molecule has 0 radical (unpaired) electrons. The molecule has 1 fully saturated rings. The van der Waals surface area contributed by atoms with E-state index in [1.165, 1.54) is 22.8 Å². The van der Waals surface area contributed by atoms with Gasteiger partial charge in [0.15, 0.2) is 0 Å². The molecule has 19 heavy (non-hydrogen) atoms. The number of alkyl halides is 2. The predicted molar refractivity (Wildman–Crippen MR) is 65.3 cm³/mol. The van der Waals surface area contributed by atoms with Gasteiger partial charge in [0.25, 0.3) is 6.43 Å². The number of hydrogen-bond donors (Lipinski definition) is 1. The van der Waals surface area contributed by atoms with Crippen LogP contribution in [0.1, 0.15) is 24.7 Å². The van der Waals surface area contributed by atoms with Crippen LogP contribution < -0.4 is 5.73 Å². The lowest BCUT2D eigenvalue weighted by molar-refractivity contribution is 0.126. The van der Waals surface area contributed by atoms with Gasteiger partial charge in [-0.2, -0.15) is 0 Å². The molecule has 0 unspecified atom stereocenters. The van der Waals surface area contributed by atoms with E-state index in [1.54, 1.807) is 0 Å². The van der Waals surface area contributed by atoms with Crippen molar-refractivity contribution in [2.45, 2.75) is 31.9 Å². The van der Waals surface area contributed by atoms with Crippen LogP contribution in [-0.4, -0.2) is 16.0 Å². The molecule has 1 saturated carbocycles. The summed E-state index contributed by atoms with van der Waals surface area (Å²) in [5, 5.41) is 0. The van der Waals surface area contributed by atoms with E-state index in [0.717, 1.165) is 12.8 Å². The highest BCUT2D eigenvalue weighted by Gasteiger charge is 2.33. The Morgan fingerprint density at radius 2 is 2.11 bits per heavy atom. The summed E-state index contributed by atoms with van der Waals surface area (Å²) in [6.07, 6.45) is -0.506. The van der Waals surface area contributed by atoms with Crippen LogP contribution in [0, 0.1) is 11.7 Å². The lowest BCUT2D eigenvalue weighted by atomic mass is 10.2. The Morgan fingerprint density at radius 3 is 2.74 bits per heavy atom. The van der Waals surface area contributed by atoms with Gasteiger partial charge in [0.2, 0.25) is 0 Å². The number of aromatic nitrogens is 2. The molecule has 0 bridgehead atoms. The highest BCUT2D eigenvalue weighted by molar-refractivity contribution is 5.76. The van der Waals surface area contributed by atoms with E-state index < -0.39 is 18.8 Å². The minimum Gasteiger partial charge on any atom is -0.321 e. The first-order valence-corrected chi connectivity index (χ1v) is 6.25.